The van der Waals surface area contributed by atoms with Crippen molar-refractivity contribution in [3.8, 4) is 0 Å². The van der Waals surface area contributed by atoms with Gasteiger partial charge in [0.15, 0.2) is 0 Å². The summed E-state index contributed by atoms with van der Waals surface area (Å²) in [7, 11) is 0. The maximum Gasteiger partial charge on any atom is -0.0127 e. The summed E-state index contributed by atoms with van der Waals surface area (Å²) in [6, 6.07) is 0. The molecule has 0 fully saturated rings. The Balaban J connectivity index is 2.96. The van der Waals surface area contributed by atoms with Gasteiger partial charge in [0, 0.05) is 0 Å². The summed E-state index contributed by atoms with van der Waals surface area (Å²) in [6.45, 7) is 11.5. The standard InChI is InChI=1S/C13H22/c1-6-11-7-8-12(9(2)3)13(11)10(4)5/h8-10H,6-7H2,1-5H3. The molecular formula is C13H22. The topological polar surface area (TPSA) is 0 Å². The SMILES string of the molecule is CCC1=C(C(C)C)C(C(C)C)=CC1. The van der Waals surface area contributed by atoms with Gasteiger partial charge in [-0.3, -0.25) is 0 Å². The molecule has 1 rings (SSSR count). The lowest BCUT2D eigenvalue weighted by Gasteiger charge is -2.17. The van der Waals surface area contributed by atoms with Crippen LogP contribution in [-0.4, -0.2) is 0 Å². The molecule has 0 spiro atoms. The van der Waals surface area contributed by atoms with Crippen LogP contribution in [0.5, 0.6) is 0 Å². The highest BCUT2D eigenvalue weighted by Gasteiger charge is 2.20. The molecule has 0 aliphatic heterocycles. The molecule has 0 amide bonds. The first kappa shape index (κ1) is 10.6. The van der Waals surface area contributed by atoms with E-state index in [4.69, 9.17) is 0 Å². The third-order valence-corrected chi connectivity index (χ3v) is 2.89. The van der Waals surface area contributed by atoms with Crippen LogP contribution in [-0.2, 0) is 0 Å². The Morgan fingerprint density at radius 2 is 1.77 bits per heavy atom. The third kappa shape index (κ3) is 2.04. The number of allylic oxidation sites excluding steroid dienone is 4. The van der Waals surface area contributed by atoms with Crippen molar-refractivity contribution in [1.82, 2.24) is 0 Å². The molecule has 0 atom stereocenters. The first-order chi connectivity index (χ1) is 6.07. The predicted octanol–water partition coefficient (Wildman–Crippen LogP) is 4.34. The maximum absolute atomic E-state index is 2.43. The molecule has 0 saturated heterocycles. The van der Waals surface area contributed by atoms with Crippen LogP contribution >= 0.6 is 0 Å². The second-order valence-corrected chi connectivity index (χ2v) is 4.54. The van der Waals surface area contributed by atoms with Crippen LogP contribution in [0.2, 0.25) is 0 Å². The summed E-state index contributed by atoms with van der Waals surface area (Å²) in [5, 5.41) is 0. The highest BCUT2D eigenvalue weighted by molar-refractivity contribution is 5.44. The molecule has 0 bridgehead atoms. The summed E-state index contributed by atoms with van der Waals surface area (Å²) in [6.07, 6.45) is 4.86. The van der Waals surface area contributed by atoms with E-state index in [1.54, 1.807) is 16.7 Å². The fourth-order valence-electron chi connectivity index (χ4n) is 2.28. The van der Waals surface area contributed by atoms with E-state index in [2.05, 4.69) is 40.7 Å². The third-order valence-electron chi connectivity index (χ3n) is 2.89. The fourth-order valence-corrected chi connectivity index (χ4v) is 2.28. The zero-order chi connectivity index (χ0) is 10.0. The van der Waals surface area contributed by atoms with Crippen molar-refractivity contribution in [2.45, 2.75) is 47.5 Å². The van der Waals surface area contributed by atoms with Crippen LogP contribution in [0.4, 0.5) is 0 Å². The molecule has 0 aromatic heterocycles. The lowest BCUT2D eigenvalue weighted by atomic mass is 9.88. The van der Waals surface area contributed by atoms with E-state index in [-0.39, 0.29) is 0 Å². The van der Waals surface area contributed by atoms with E-state index in [9.17, 15) is 0 Å². The summed E-state index contributed by atoms with van der Waals surface area (Å²) in [5.74, 6) is 1.40. The summed E-state index contributed by atoms with van der Waals surface area (Å²) in [5.41, 5.74) is 4.92. The van der Waals surface area contributed by atoms with Gasteiger partial charge >= 0.3 is 0 Å². The first-order valence-electron chi connectivity index (χ1n) is 5.50. The molecule has 0 nitrogen and oxygen atoms in total. The second-order valence-electron chi connectivity index (χ2n) is 4.54. The van der Waals surface area contributed by atoms with E-state index in [1.165, 1.54) is 12.8 Å². The van der Waals surface area contributed by atoms with Crippen LogP contribution in [0.25, 0.3) is 0 Å². The van der Waals surface area contributed by atoms with Gasteiger partial charge in [0.05, 0.1) is 0 Å². The van der Waals surface area contributed by atoms with Gasteiger partial charge in [-0.2, -0.15) is 0 Å². The molecule has 0 aromatic rings. The molecule has 0 saturated carbocycles. The Bertz CT molecular complexity index is 239. The van der Waals surface area contributed by atoms with Crippen molar-refractivity contribution in [2.75, 3.05) is 0 Å². The molecule has 0 heterocycles. The lowest BCUT2D eigenvalue weighted by molar-refractivity contribution is 0.699. The van der Waals surface area contributed by atoms with Gasteiger partial charge in [-0.25, -0.2) is 0 Å². The Labute approximate surface area is 82.7 Å². The van der Waals surface area contributed by atoms with Gasteiger partial charge in [-0.05, 0) is 35.8 Å². The minimum Gasteiger partial charge on any atom is -0.0767 e. The minimum absolute atomic E-state index is 0.696. The summed E-state index contributed by atoms with van der Waals surface area (Å²) < 4.78 is 0. The smallest absolute Gasteiger partial charge is 0.0127 e. The number of hydrogen-bond acceptors (Lipinski definition) is 0. The summed E-state index contributed by atoms with van der Waals surface area (Å²) in [4.78, 5) is 0. The summed E-state index contributed by atoms with van der Waals surface area (Å²) >= 11 is 0. The van der Waals surface area contributed by atoms with E-state index in [1.807, 2.05) is 0 Å². The van der Waals surface area contributed by atoms with Crippen molar-refractivity contribution in [1.29, 1.82) is 0 Å². The number of rotatable bonds is 3. The average Bonchev–Trinajstić information content (AvgIpc) is 2.46. The van der Waals surface area contributed by atoms with E-state index >= 15 is 0 Å². The molecule has 0 heteroatoms. The van der Waals surface area contributed by atoms with Crippen molar-refractivity contribution in [2.24, 2.45) is 11.8 Å². The van der Waals surface area contributed by atoms with E-state index in [0.29, 0.717) is 11.8 Å². The molecule has 0 unspecified atom stereocenters. The normalized spacial score (nSPS) is 17.6. The zero-order valence-corrected chi connectivity index (χ0v) is 9.65. The molecule has 13 heavy (non-hydrogen) atoms. The van der Waals surface area contributed by atoms with Crippen molar-refractivity contribution in [3.63, 3.8) is 0 Å². The van der Waals surface area contributed by atoms with Crippen LogP contribution in [0.1, 0.15) is 47.5 Å². The van der Waals surface area contributed by atoms with Crippen LogP contribution in [0.15, 0.2) is 22.8 Å². The predicted molar refractivity (Wildman–Crippen MR) is 59.7 cm³/mol. The van der Waals surface area contributed by atoms with E-state index in [0.717, 1.165) is 0 Å². The molecule has 74 valence electrons. The fraction of sp³-hybridized carbons (Fsp3) is 0.692. The van der Waals surface area contributed by atoms with Crippen LogP contribution < -0.4 is 0 Å². The lowest BCUT2D eigenvalue weighted by Crippen LogP contribution is -2.03. The van der Waals surface area contributed by atoms with Gasteiger partial charge in [-0.1, -0.05) is 46.3 Å². The Hall–Kier alpha value is -0.520. The quantitative estimate of drug-likeness (QED) is 0.603. The molecular weight excluding hydrogens is 156 g/mol. The van der Waals surface area contributed by atoms with Gasteiger partial charge in [-0.15, -0.1) is 0 Å². The van der Waals surface area contributed by atoms with Crippen LogP contribution in [0.3, 0.4) is 0 Å². The highest BCUT2D eigenvalue weighted by atomic mass is 14.3. The largest absolute Gasteiger partial charge is 0.0767 e. The molecule has 1 aliphatic rings. The van der Waals surface area contributed by atoms with E-state index < -0.39 is 0 Å². The second kappa shape index (κ2) is 4.13. The number of hydrogen-bond donors (Lipinski definition) is 0. The molecule has 0 N–H and O–H groups in total. The minimum atomic E-state index is 0.696. The van der Waals surface area contributed by atoms with Gasteiger partial charge < -0.3 is 0 Å². The average molecular weight is 178 g/mol. The molecule has 0 radical (unpaired) electrons. The maximum atomic E-state index is 2.43. The first-order valence-corrected chi connectivity index (χ1v) is 5.50. The Kier molecular flexibility index (Phi) is 3.35. The van der Waals surface area contributed by atoms with Crippen molar-refractivity contribution >= 4 is 0 Å². The highest BCUT2D eigenvalue weighted by Crippen LogP contribution is 2.37. The Morgan fingerprint density at radius 1 is 1.15 bits per heavy atom. The zero-order valence-electron chi connectivity index (χ0n) is 9.65. The monoisotopic (exact) mass is 178 g/mol. The van der Waals surface area contributed by atoms with Gasteiger partial charge in [0.2, 0.25) is 0 Å². The van der Waals surface area contributed by atoms with Crippen LogP contribution in [0, 0.1) is 11.8 Å². The molecule has 1 aliphatic carbocycles. The molecule has 0 aromatic carbocycles. The van der Waals surface area contributed by atoms with Crippen molar-refractivity contribution < 1.29 is 0 Å². The van der Waals surface area contributed by atoms with Crippen molar-refractivity contribution in [3.05, 3.63) is 22.8 Å². The van der Waals surface area contributed by atoms with Gasteiger partial charge in [0.25, 0.3) is 0 Å². The Morgan fingerprint density at radius 3 is 2.15 bits per heavy atom. The van der Waals surface area contributed by atoms with Gasteiger partial charge in [0.1, 0.15) is 0 Å².